The molecule has 0 unspecified atom stereocenters. The summed E-state index contributed by atoms with van der Waals surface area (Å²) in [6, 6.07) is 4.47. The van der Waals surface area contributed by atoms with Crippen molar-refractivity contribution in [2.75, 3.05) is 50.8 Å². The van der Waals surface area contributed by atoms with Gasteiger partial charge >= 0.3 is 0 Å². The van der Waals surface area contributed by atoms with Crippen molar-refractivity contribution in [3.8, 4) is 0 Å². The molecule has 5 rings (SSSR count). The molecule has 3 heterocycles. The number of alkyl halides is 2. The van der Waals surface area contributed by atoms with Crippen LogP contribution in [0.1, 0.15) is 60.9 Å². The molecular weight excluding hydrogens is 494 g/mol. The molecule has 4 atom stereocenters. The lowest BCUT2D eigenvalue weighted by molar-refractivity contribution is -0.139. The zero-order chi connectivity index (χ0) is 27.0. The number of carbonyl (C=O) groups excluding carboxylic acids is 3. The van der Waals surface area contributed by atoms with Gasteiger partial charge < -0.3 is 25.2 Å². The number of ether oxygens (including phenoxy) is 1. The lowest BCUT2D eigenvalue weighted by Crippen LogP contribution is -2.47. The molecule has 0 bridgehead atoms. The highest BCUT2D eigenvalue weighted by Crippen LogP contribution is 2.43. The van der Waals surface area contributed by atoms with Crippen LogP contribution in [0.5, 0.6) is 0 Å². The summed E-state index contributed by atoms with van der Waals surface area (Å²) in [5.41, 5.74) is 7.56. The van der Waals surface area contributed by atoms with Gasteiger partial charge in [-0.25, -0.2) is 8.78 Å². The molecule has 2 N–H and O–H groups in total. The van der Waals surface area contributed by atoms with Crippen LogP contribution in [0.25, 0.3) is 0 Å². The van der Waals surface area contributed by atoms with Crippen LogP contribution in [0, 0.1) is 11.8 Å². The maximum atomic E-state index is 14.3. The number of anilines is 1. The number of benzene rings is 1. The van der Waals surface area contributed by atoms with Gasteiger partial charge in [-0.15, -0.1) is 0 Å². The molecule has 10 heteroatoms. The summed E-state index contributed by atoms with van der Waals surface area (Å²) >= 11 is 0. The zero-order valence-corrected chi connectivity index (χ0v) is 22.0. The van der Waals surface area contributed by atoms with E-state index in [0.717, 1.165) is 70.5 Å². The number of carbonyl (C=O) groups is 3. The smallest absolute Gasteiger partial charge is 0.249 e. The molecule has 2 amide bonds. The van der Waals surface area contributed by atoms with E-state index in [-0.39, 0.29) is 36.3 Å². The van der Waals surface area contributed by atoms with E-state index in [4.69, 9.17) is 10.5 Å². The monoisotopic (exact) mass is 532 g/mol. The Hall–Kier alpha value is -2.59. The number of hydrogen-bond donors (Lipinski definition) is 1. The minimum Gasteiger partial charge on any atom is -0.369 e. The molecule has 38 heavy (non-hydrogen) atoms. The van der Waals surface area contributed by atoms with E-state index in [9.17, 15) is 23.2 Å². The topological polar surface area (TPSA) is 96.2 Å². The SMILES string of the molecule is CCN1CCN(c2ccc(C(N)=O)c([C@@H](C(=O)N3C[C@@H](C(F)F)[C@H]4OCC(=O)[C@H]43)C3CCCCC3)c2)CC1. The van der Waals surface area contributed by atoms with Crippen LogP contribution in [0.4, 0.5) is 14.5 Å². The van der Waals surface area contributed by atoms with E-state index in [1.54, 1.807) is 6.07 Å². The average molecular weight is 533 g/mol. The Morgan fingerprint density at radius 2 is 1.82 bits per heavy atom. The fraction of sp³-hybridized carbons (Fsp3) is 0.679. The van der Waals surface area contributed by atoms with Crippen molar-refractivity contribution in [2.24, 2.45) is 17.6 Å². The van der Waals surface area contributed by atoms with E-state index in [2.05, 4.69) is 16.7 Å². The number of halogens is 2. The highest BCUT2D eigenvalue weighted by atomic mass is 19.3. The van der Waals surface area contributed by atoms with E-state index < -0.39 is 36.3 Å². The van der Waals surface area contributed by atoms with Gasteiger partial charge in [-0.3, -0.25) is 14.4 Å². The second-order valence-electron chi connectivity index (χ2n) is 11.1. The number of rotatable bonds is 7. The van der Waals surface area contributed by atoms with Gasteiger partial charge in [0.2, 0.25) is 18.2 Å². The van der Waals surface area contributed by atoms with Crippen molar-refractivity contribution in [3.05, 3.63) is 29.3 Å². The molecule has 1 aromatic carbocycles. The van der Waals surface area contributed by atoms with E-state index in [1.165, 1.54) is 4.90 Å². The fourth-order valence-corrected chi connectivity index (χ4v) is 6.93. The Morgan fingerprint density at radius 1 is 1.11 bits per heavy atom. The number of hydrogen-bond acceptors (Lipinski definition) is 6. The van der Waals surface area contributed by atoms with Crippen LogP contribution in [-0.2, 0) is 14.3 Å². The largest absolute Gasteiger partial charge is 0.369 e. The van der Waals surface area contributed by atoms with E-state index in [1.807, 2.05) is 12.1 Å². The van der Waals surface area contributed by atoms with Gasteiger partial charge in [-0.2, -0.15) is 0 Å². The summed E-state index contributed by atoms with van der Waals surface area (Å²) in [6.07, 6.45) is 0.855. The Labute approximate surface area is 222 Å². The first kappa shape index (κ1) is 27.0. The van der Waals surface area contributed by atoms with Gasteiger partial charge in [0.1, 0.15) is 12.6 Å². The molecule has 8 nitrogen and oxygen atoms in total. The normalized spacial score (nSPS) is 27.7. The van der Waals surface area contributed by atoms with Crippen LogP contribution in [-0.4, -0.2) is 91.8 Å². The van der Waals surface area contributed by atoms with Crippen molar-refractivity contribution >= 4 is 23.3 Å². The first-order valence-corrected chi connectivity index (χ1v) is 13.9. The molecule has 3 saturated heterocycles. The third-order valence-electron chi connectivity index (χ3n) is 9.04. The predicted molar refractivity (Wildman–Crippen MR) is 138 cm³/mol. The molecule has 1 aromatic rings. The van der Waals surface area contributed by atoms with Crippen molar-refractivity contribution in [3.63, 3.8) is 0 Å². The third kappa shape index (κ3) is 5.04. The summed E-state index contributed by atoms with van der Waals surface area (Å²) in [5, 5.41) is 0. The van der Waals surface area contributed by atoms with Gasteiger partial charge in [0.15, 0.2) is 5.78 Å². The molecule has 208 valence electrons. The Bertz CT molecular complexity index is 1060. The number of amides is 2. The predicted octanol–water partition coefficient (Wildman–Crippen LogP) is 2.65. The molecule has 0 radical (unpaired) electrons. The van der Waals surface area contributed by atoms with Gasteiger partial charge in [0, 0.05) is 44.0 Å². The van der Waals surface area contributed by atoms with Crippen LogP contribution in [0.3, 0.4) is 0 Å². The minimum atomic E-state index is -2.70. The summed E-state index contributed by atoms with van der Waals surface area (Å²) in [5.74, 6) is -3.35. The highest BCUT2D eigenvalue weighted by molar-refractivity contribution is 5.99. The second kappa shape index (κ2) is 11.3. The first-order chi connectivity index (χ1) is 18.3. The number of piperazine rings is 1. The number of nitrogens with zero attached hydrogens (tertiary/aromatic N) is 3. The number of likely N-dealkylation sites (N-methyl/N-ethyl adjacent to an activating group) is 1. The van der Waals surface area contributed by atoms with Crippen molar-refractivity contribution in [1.82, 2.24) is 9.80 Å². The fourth-order valence-electron chi connectivity index (χ4n) is 6.93. The maximum Gasteiger partial charge on any atom is 0.249 e. The third-order valence-corrected chi connectivity index (χ3v) is 9.04. The van der Waals surface area contributed by atoms with Crippen molar-refractivity contribution in [1.29, 1.82) is 0 Å². The lowest BCUT2D eigenvalue weighted by atomic mass is 9.74. The second-order valence-corrected chi connectivity index (χ2v) is 11.1. The standard InChI is InChI=1S/C28H38F2N4O4/c1-2-32-10-12-33(13-11-32)18-8-9-19(27(31)36)20(14-18)23(17-6-4-3-5-7-17)28(37)34-15-21(26(29)30)25-24(34)22(35)16-38-25/h8-9,14,17,21,23-26H,2-7,10-13,15-16H2,1H3,(H2,31,36)/t21-,23+,24-,25-/m1/s1. The Morgan fingerprint density at radius 3 is 2.45 bits per heavy atom. The number of primary amides is 1. The van der Waals surface area contributed by atoms with Crippen LogP contribution in [0.2, 0.25) is 0 Å². The highest BCUT2D eigenvalue weighted by Gasteiger charge is 2.56. The molecule has 1 saturated carbocycles. The number of fused-ring (bicyclic) bond motifs is 1. The van der Waals surface area contributed by atoms with Crippen LogP contribution in [0.15, 0.2) is 18.2 Å². The maximum absolute atomic E-state index is 14.3. The number of ketones is 1. The molecule has 0 spiro atoms. The van der Waals surface area contributed by atoms with Crippen LogP contribution < -0.4 is 10.6 Å². The van der Waals surface area contributed by atoms with Crippen molar-refractivity contribution in [2.45, 2.75) is 63.5 Å². The average Bonchev–Trinajstić information content (AvgIpc) is 3.50. The summed E-state index contributed by atoms with van der Waals surface area (Å²) in [6.45, 7) is 6.11. The van der Waals surface area contributed by atoms with E-state index >= 15 is 0 Å². The molecular formula is C28H38F2N4O4. The molecule has 3 aliphatic heterocycles. The van der Waals surface area contributed by atoms with Gasteiger partial charge in [0.25, 0.3) is 0 Å². The summed E-state index contributed by atoms with van der Waals surface area (Å²) < 4.78 is 33.3. The first-order valence-electron chi connectivity index (χ1n) is 13.9. The number of nitrogens with two attached hydrogens (primary N) is 1. The van der Waals surface area contributed by atoms with Crippen molar-refractivity contribution < 1.29 is 27.9 Å². The Kier molecular flexibility index (Phi) is 8.00. The lowest BCUT2D eigenvalue weighted by Gasteiger charge is -2.37. The van der Waals surface area contributed by atoms with Gasteiger partial charge in [-0.1, -0.05) is 26.2 Å². The molecule has 4 aliphatic rings. The molecule has 1 aliphatic carbocycles. The molecule has 4 fully saturated rings. The van der Waals surface area contributed by atoms with Crippen LogP contribution >= 0.6 is 0 Å². The minimum absolute atomic E-state index is 0.0667. The van der Waals surface area contributed by atoms with Gasteiger partial charge in [-0.05, 0) is 49.1 Å². The number of Topliss-reactive ketones (excluding diaryl/α,β-unsaturated/α-hetero) is 1. The van der Waals surface area contributed by atoms with E-state index in [0.29, 0.717) is 5.56 Å². The quantitative estimate of drug-likeness (QED) is 0.580. The Balaban J connectivity index is 1.53. The summed E-state index contributed by atoms with van der Waals surface area (Å²) in [7, 11) is 0. The number of likely N-dealkylation sites (tertiary alicyclic amines) is 1. The summed E-state index contributed by atoms with van der Waals surface area (Å²) in [4.78, 5) is 45.6. The molecule has 0 aromatic heterocycles. The zero-order valence-electron chi connectivity index (χ0n) is 22.0. The van der Waals surface area contributed by atoms with Gasteiger partial charge in [0.05, 0.1) is 17.9 Å².